The summed E-state index contributed by atoms with van der Waals surface area (Å²) in [6.45, 7) is -0.273. The molecule has 3 N–H and O–H groups in total. The first kappa shape index (κ1) is 16.8. The molecule has 0 saturated heterocycles. The van der Waals surface area contributed by atoms with E-state index in [1.807, 2.05) is 0 Å². The van der Waals surface area contributed by atoms with E-state index in [2.05, 4.69) is 42.1 Å². The summed E-state index contributed by atoms with van der Waals surface area (Å²) in [4.78, 5) is 39.4. The van der Waals surface area contributed by atoms with Gasteiger partial charge in [-0.1, -0.05) is 15.9 Å². The minimum atomic E-state index is -0.550. The quantitative estimate of drug-likeness (QED) is 0.664. The highest BCUT2D eigenvalue weighted by atomic mass is 79.9. The van der Waals surface area contributed by atoms with E-state index in [1.165, 1.54) is 24.5 Å². The molecule has 1 aliphatic rings. The number of carbonyl (C=O) groups excluding carboxylic acids is 3. The molecule has 0 fully saturated rings. The fourth-order valence-corrected chi connectivity index (χ4v) is 2.52. The van der Waals surface area contributed by atoms with E-state index < -0.39 is 17.7 Å². The molecule has 126 valence electrons. The Morgan fingerprint density at radius 1 is 1.20 bits per heavy atom. The third-order valence-electron chi connectivity index (χ3n) is 3.34. The number of nitrogens with one attached hydrogen (secondary N) is 3. The van der Waals surface area contributed by atoms with Crippen LogP contribution in [0, 0.1) is 0 Å². The second-order valence-corrected chi connectivity index (χ2v) is 5.97. The predicted molar refractivity (Wildman–Crippen MR) is 94.0 cm³/mol. The lowest BCUT2D eigenvalue weighted by Crippen LogP contribution is -2.35. The molecule has 1 aliphatic heterocycles. The number of carbonyl (C=O) groups is 3. The molecule has 25 heavy (non-hydrogen) atoms. The maximum Gasteiger partial charge on any atom is 0.276 e. The molecule has 3 amide bonds. The molecule has 2 heterocycles. The van der Waals surface area contributed by atoms with E-state index >= 15 is 0 Å². The molecule has 0 radical (unpaired) electrons. The highest BCUT2D eigenvalue weighted by Crippen LogP contribution is 2.26. The van der Waals surface area contributed by atoms with Gasteiger partial charge < -0.3 is 10.6 Å². The molecule has 8 nitrogen and oxygen atoms in total. The Morgan fingerprint density at radius 3 is 2.72 bits per heavy atom. The molecule has 0 aliphatic carbocycles. The molecule has 3 rings (SSSR count). The minimum Gasteiger partial charge on any atom is -0.343 e. The average molecular weight is 402 g/mol. The van der Waals surface area contributed by atoms with Gasteiger partial charge in [-0.2, -0.15) is 5.10 Å². The minimum absolute atomic E-state index is 0.102. The van der Waals surface area contributed by atoms with Gasteiger partial charge in [0.15, 0.2) is 5.71 Å². The van der Waals surface area contributed by atoms with Crippen LogP contribution in [0.5, 0.6) is 0 Å². The normalized spacial score (nSPS) is 14.0. The number of hydrazone groups is 1. The van der Waals surface area contributed by atoms with Crippen LogP contribution in [0.15, 0.2) is 52.3 Å². The lowest BCUT2D eigenvalue weighted by atomic mass is 10.1. The van der Waals surface area contributed by atoms with Crippen molar-refractivity contribution in [2.24, 2.45) is 5.10 Å². The van der Waals surface area contributed by atoms with E-state index in [0.29, 0.717) is 16.8 Å². The van der Waals surface area contributed by atoms with Crippen LogP contribution in [0.3, 0.4) is 0 Å². The molecule has 1 aromatic carbocycles. The third-order valence-corrected chi connectivity index (χ3v) is 3.84. The Labute approximate surface area is 150 Å². The Balaban J connectivity index is 1.61. The first-order valence-corrected chi connectivity index (χ1v) is 8.00. The standard InChI is InChI=1S/C16H12BrN5O3/c17-10-1-2-12-11(7-10)14(16(25)20-12)22-21-13(23)8-19-15(24)9-3-5-18-6-4-9/h1-7H,8H2,(H,19,24)(H,21,23)(H,20,22,25). The molecular weight excluding hydrogens is 390 g/mol. The van der Waals surface area contributed by atoms with Gasteiger partial charge in [-0.15, -0.1) is 0 Å². The van der Waals surface area contributed by atoms with E-state index in [9.17, 15) is 14.4 Å². The summed E-state index contributed by atoms with van der Waals surface area (Å²) in [7, 11) is 0. The number of halogens is 1. The smallest absolute Gasteiger partial charge is 0.276 e. The number of anilines is 1. The summed E-state index contributed by atoms with van der Waals surface area (Å²) in [5.41, 5.74) is 3.96. The van der Waals surface area contributed by atoms with Crippen LogP contribution in [0.2, 0.25) is 0 Å². The number of hydrogen-bond acceptors (Lipinski definition) is 5. The van der Waals surface area contributed by atoms with Gasteiger partial charge in [-0.3, -0.25) is 19.4 Å². The van der Waals surface area contributed by atoms with Crippen molar-refractivity contribution in [1.82, 2.24) is 15.7 Å². The number of benzene rings is 1. The zero-order valence-electron chi connectivity index (χ0n) is 12.7. The van der Waals surface area contributed by atoms with Crippen LogP contribution in [0.4, 0.5) is 5.69 Å². The van der Waals surface area contributed by atoms with E-state index in [1.54, 1.807) is 18.2 Å². The third kappa shape index (κ3) is 3.89. The highest BCUT2D eigenvalue weighted by Gasteiger charge is 2.26. The maximum absolute atomic E-state index is 11.9. The Kier molecular flexibility index (Phi) is 4.85. The van der Waals surface area contributed by atoms with Gasteiger partial charge >= 0.3 is 0 Å². The average Bonchev–Trinajstić information content (AvgIpc) is 2.93. The van der Waals surface area contributed by atoms with Gasteiger partial charge in [0.1, 0.15) is 0 Å². The van der Waals surface area contributed by atoms with Crippen molar-refractivity contribution < 1.29 is 14.4 Å². The SMILES string of the molecule is O=C(CNC(=O)c1ccncc1)N/N=C1\C(=O)Nc2ccc(Br)cc21. The molecule has 0 spiro atoms. The van der Waals surface area contributed by atoms with Crippen molar-refractivity contribution in [3.05, 3.63) is 58.3 Å². The van der Waals surface area contributed by atoms with Crippen molar-refractivity contribution in [3.63, 3.8) is 0 Å². The van der Waals surface area contributed by atoms with Crippen LogP contribution in [0.1, 0.15) is 15.9 Å². The fraction of sp³-hybridized carbons (Fsp3) is 0.0625. The summed E-state index contributed by atoms with van der Waals surface area (Å²) < 4.78 is 0.784. The summed E-state index contributed by atoms with van der Waals surface area (Å²) in [5, 5.41) is 8.97. The number of pyridine rings is 1. The molecule has 0 atom stereocenters. The monoisotopic (exact) mass is 401 g/mol. The predicted octanol–water partition coefficient (Wildman–Crippen LogP) is 1.05. The molecule has 0 saturated carbocycles. The largest absolute Gasteiger partial charge is 0.343 e. The molecule has 2 aromatic rings. The second kappa shape index (κ2) is 7.22. The summed E-state index contributed by atoms with van der Waals surface area (Å²) >= 11 is 3.32. The first-order chi connectivity index (χ1) is 12.0. The number of aromatic nitrogens is 1. The van der Waals surface area contributed by atoms with Gasteiger partial charge in [-0.25, -0.2) is 5.43 Å². The maximum atomic E-state index is 11.9. The first-order valence-electron chi connectivity index (χ1n) is 7.20. The summed E-state index contributed by atoms with van der Waals surface area (Å²) in [6, 6.07) is 8.31. The lowest BCUT2D eigenvalue weighted by Gasteiger charge is -2.04. The number of nitrogens with zero attached hydrogens (tertiary/aromatic N) is 2. The van der Waals surface area contributed by atoms with Crippen LogP contribution in [0.25, 0.3) is 0 Å². The zero-order valence-corrected chi connectivity index (χ0v) is 14.3. The number of fused-ring (bicyclic) bond motifs is 1. The fourth-order valence-electron chi connectivity index (χ4n) is 2.16. The van der Waals surface area contributed by atoms with Crippen molar-refractivity contribution in [1.29, 1.82) is 0 Å². The van der Waals surface area contributed by atoms with Crippen molar-refractivity contribution in [2.75, 3.05) is 11.9 Å². The number of amides is 3. The second-order valence-electron chi connectivity index (χ2n) is 5.06. The Morgan fingerprint density at radius 2 is 1.96 bits per heavy atom. The van der Waals surface area contributed by atoms with Crippen LogP contribution in [-0.2, 0) is 9.59 Å². The lowest BCUT2D eigenvalue weighted by molar-refractivity contribution is -0.120. The number of hydrogen-bond donors (Lipinski definition) is 3. The van der Waals surface area contributed by atoms with Crippen molar-refractivity contribution >= 4 is 45.1 Å². The van der Waals surface area contributed by atoms with Crippen LogP contribution < -0.4 is 16.1 Å². The van der Waals surface area contributed by atoms with Crippen molar-refractivity contribution in [3.8, 4) is 0 Å². The van der Waals surface area contributed by atoms with E-state index in [0.717, 1.165) is 4.47 Å². The van der Waals surface area contributed by atoms with Gasteiger partial charge in [0, 0.05) is 28.0 Å². The van der Waals surface area contributed by atoms with Crippen molar-refractivity contribution in [2.45, 2.75) is 0 Å². The molecular formula is C16H12BrN5O3. The Hall–Kier alpha value is -3.07. The van der Waals surface area contributed by atoms with Gasteiger partial charge in [0.2, 0.25) is 0 Å². The molecule has 0 unspecified atom stereocenters. The van der Waals surface area contributed by atoms with Gasteiger partial charge in [-0.05, 0) is 30.3 Å². The highest BCUT2D eigenvalue weighted by molar-refractivity contribution is 9.10. The summed E-state index contributed by atoms with van der Waals surface area (Å²) in [5.74, 6) is -1.36. The topological polar surface area (TPSA) is 113 Å². The van der Waals surface area contributed by atoms with Crippen LogP contribution >= 0.6 is 15.9 Å². The zero-order chi connectivity index (χ0) is 17.8. The summed E-state index contributed by atoms with van der Waals surface area (Å²) in [6.07, 6.45) is 2.96. The van der Waals surface area contributed by atoms with Gasteiger partial charge in [0.05, 0.1) is 12.2 Å². The van der Waals surface area contributed by atoms with E-state index in [-0.39, 0.29) is 12.3 Å². The number of rotatable bonds is 4. The Bertz CT molecular complexity index is 883. The van der Waals surface area contributed by atoms with E-state index in [4.69, 9.17) is 0 Å². The molecule has 0 bridgehead atoms. The van der Waals surface area contributed by atoms with Crippen LogP contribution in [-0.4, -0.2) is 35.0 Å². The van der Waals surface area contributed by atoms with Gasteiger partial charge in [0.25, 0.3) is 17.7 Å². The molecule has 9 heteroatoms. The molecule has 1 aromatic heterocycles.